The van der Waals surface area contributed by atoms with Crippen LogP contribution in [0, 0.1) is 11.6 Å². The summed E-state index contributed by atoms with van der Waals surface area (Å²) in [5, 5.41) is 2.72. The van der Waals surface area contributed by atoms with Gasteiger partial charge in [0, 0.05) is 37.8 Å². The van der Waals surface area contributed by atoms with Gasteiger partial charge in [0.15, 0.2) is 17.4 Å². The van der Waals surface area contributed by atoms with Crippen LogP contribution in [0.4, 0.5) is 20.3 Å². The van der Waals surface area contributed by atoms with Gasteiger partial charge in [-0.25, -0.2) is 22.2 Å². The minimum absolute atomic E-state index is 0.00743. The lowest BCUT2D eigenvalue weighted by Gasteiger charge is -2.28. The molecule has 1 aliphatic rings. The van der Waals surface area contributed by atoms with Crippen LogP contribution in [0.1, 0.15) is 29.3 Å². The summed E-state index contributed by atoms with van der Waals surface area (Å²) in [7, 11) is -3.85. The lowest BCUT2D eigenvalue weighted by molar-refractivity contribution is 0.103. The third-order valence-electron chi connectivity index (χ3n) is 5.35. The fourth-order valence-electron chi connectivity index (χ4n) is 3.70. The van der Waals surface area contributed by atoms with Crippen molar-refractivity contribution >= 4 is 49.9 Å². The Morgan fingerprint density at radius 3 is 2.65 bits per heavy atom. The molecule has 2 aromatic carbocycles. The fraction of sp³-hybridized carbons (Fsp3) is 0.318. The van der Waals surface area contributed by atoms with Crippen molar-refractivity contribution in [2.75, 3.05) is 41.6 Å². The van der Waals surface area contributed by atoms with Gasteiger partial charge in [-0.05, 0) is 24.6 Å². The maximum Gasteiger partial charge on any atom is 0.232 e. The quantitative estimate of drug-likeness (QED) is 0.372. The highest BCUT2D eigenvalue weighted by atomic mass is 35.5. The number of nitrogens with one attached hydrogen (secondary N) is 2. The van der Waals surface area contributed by atoms with Crippen LogP contribution in [-0.4, -0.2) is 56.1 Å². The molecule has 0 unspecified atom stereocenters. The topological polar surface area (TPSA) is 104 Å². The molecule has 3 aromatic rings. The Labute approximate surface area is 200 Å². The van der Waals surface area contributed by atoms with Crippen LogP contribution in [0.25, 0.3) is 11.0 Å². The van der Waals surface area contributed by atoms with E-state index in [1.165, 1.54) is 12.1 Å². The molecular weight excluding hydrogens is 488 g/mol. The van der Waals surface area contributed by atoms with Crippen LogP contribution < -0.4 is 14.9 Å². The zero-order chi connectivity index (χ0) is 24.5. The number of halogens is 3. The predicted molar refractivity (Wildman–Crippen MR) is 127 cm³/mol. The average molecular weight is 510 g/mol. The summed E-state index contributed by atoms with van der Waals surface area (Å²) >= 11 is 6.19. The third kappa shape index (κ3) is 4.96. The Hall–Kier alpha value is -2.89. The number of hydrogen-bond acceptors (Lipinski definition) is 7. The first kappa shape index (κ1) is 24.2. The molecule has 2 heterocycles. The molecule has 1 aliphatic heterocycles. The van der Waals surface area contributed by atoms with Crippen LogP contribution in [0.15, 0.2) is 30.5 Å². The van der Waals surface area contributed by atoms with E-state index in [4.69, 9.17) is 11.6 Å². The highest BCUT2D eigenvalue weighted by Gasteiger charge is 2.26. The van der Waals surface area contributed by atoms with Crippen molar-refractivity contribution in [3.8, 4) is 0 Å². The zero-order valence-electron chi connectivity index (χ0n) is 18.2. The summed E-state index contributed by atoms with van der Waals surface area (Å²) in [5.74, 6) is -3.38. The predicted octanol–water partition coefficient (Wildman–Crippen LogP) is 3.35. The number of fused-ring (bicyclic) bond motifs is 1. The standard InChI is InChI=1S/C22H22ClF2N5O3S/c1-2-9-34(32,33)29-17-11-14(24)21(25)19(20(17)23)22(31)13-3-4-15-16(10-13)28-18(12-27-15)30-7-5-26-6-8-30/h3-4,10-12,26,29H,2,5-9H2,1H3. The zero-order valence-corrected chi connectivity index (χ0v) is 19.8. The second-order valence-corrected chi connectivity index (χ2v) is 10.0. The van der Waals surface area contributed by atoms with Crippen molar-refractivity contribution in [1.29, 1.82) is 0 Å². The maximum absolute atomic E-state index is 14.7. The van der Waals surface area contributed by atoms with E-state index in [9.17, 15) is 22.0 Å². The minimum Gasteiger partial charge on any atom is -0.353 e. The molecule has 4 rings (SSSR count). The number of ketones is 1. The first-order valence-corrected chi connectivity index (χ1v) is 12.7. The van der Waals surface area contributed by atoms with Crippen LogP contribution in [-0.2, 0) is 10.0 Å². The number of hydrogen-bond donors (Lipinski definition) is 2. The second kappa shape index (κ2) is 9.77. The molecular formula is C22H22ClF2N5O3S. The van der Waals surface area contributed by atoms with Crippen molar-refractivity contribution in [1.82, 2.24) is 15.3 Å². The molecule has 2 N–H and O–H groups in total. The Morgan fingerprint density at radius 1 is 1.21 bits per heavy atom. The molecule has 0 aliphatic carbocycles. The van der Waals surface area contributed by atoms with E-state index in [0.29, 0.717) is 29.3 Å². The molecule has 180 valence electrons. The number of aromatic nitrogens is 2. The van der Waals surface area contributed by atoms with E-state index in [-0.39, 0.29) is 11.3 Å². The average Bonchev–Trinajstić information content (AvgIpc) is 2.82. The van der Waals surface area contributed by atoms with Crippen LogP contribution in [0.3, 0.4) is 0 Å². The smallest absolute Gasteiger partial charge is 0.232 e. The number of carbonyl (C=O) groups is 1. The van der Waals surface area contributed by atoms with E-state index in [1.807, 2.05) is 0 Å². The maximum atomic E-state index is 14.7. The van der Waals surface area contributed by atoms with Gasteiger partial charge >= 0.3 is 0 Å². The normalized spacial score (nSPS) is 14.4. The Morgan fingerprint density at radius 2 is 1.94 bits per heavy atom. The van der Waals surface area contributed by atoms with Gasteiger partial charge in [-0.3, -0.25) is 14.5 Å². The minimum atomic E-state index is -3.85. The lowest BCUT2D eigenvalue weighted by atomic mass is 10.0. The Balaban J connectivity index is 1.73. The first-order chi connectivity index (χ1) is 16.2. The van der Waals surface area contributed by atoms with Gasteiger partial charge in [-0.1, -0.05) is 18.5 Å². The molecule has 0 spiro atoms. The molecule has 0 saturated carbocycles. The first-order valence-electron chi connectivity index (χ1n) is 10.7. The molecule has 0 bridgehead atoms. The molecule has 12 heteroatoms. The van der Waals surface area contributed by atoms with Crippen LogP contribution in [0.2, 0.25) is 5.02 Å². The lowest BCUT2D eigenvalue weighted by Crippen LogP contribution is -2.43. The van der Waals surface area contributed by atoms with Gasteiger partial charge in [-0.2, -0.15) is 0 Å². The highest BCUT2D eigenvalue weighted by molar-refractivity contribution is 7.92. The van der Waals surface area contributed by atoms with Crippen LogP contribution >= 0.6 is 11.6 Å². The number of sulfonamides is 1. The number of piperazine rings is 1. The molecule has 0 atom stereocenters. The van der Waals surface area contributed by atoms with Crippen molar-refractivity contribution < 1.29 is 22.0 Å². The summed E-state index contributed by atoms with van der Waals surface area (Å²) in [6.07, 6.45) is 1.95. The molecule has 1 saturated heterocycles. The summed E-state index contributed by atoms with van der Waals surface area (Å²) in [4.78, 5) is 24.2. The SMILES string of the molecule is CCCS(=O)(=O)Nc1cc(F)c(F)c(C(=O)c2ccc3ncc(N4CCNCC4)nc3c2)c1Cl. The molecule has 0 radical (unpaired) electrons. The number of nitrogens with zero attached hydrogens (tertiary/aromatic N) is 3. The van der Waals surface area contributed by atoms with Crippen LogP contribution in [0.5, 0.6) is 0 Å². The van der Waals surface area contributed by atoms with Gasteiger partial charge in [0.2, 0.25) is 10.0 Å². The largest absolute Gasteiger partial charge is 0.353 e. The van der Waals surface area contributed by atoms with E-state index in [0.717, 1.165) is 26.2 Å². The Kier molecular flexibility index (Phi) is 6.96. The van der Waals surface area contributed by atoms with Crippen molar-refractivity contribution in [3.63, 3.8) is 0 Å². The van der Waals surface area contributed by atoms with E-state index < -0.39 is 43.7 Å². The van der Waals surface area contributed by atoms with E-state index in [1.54, 1.807) is 19.2 Å². The summed E-state index contributed by atoms with van der Waals surface area (Å²) in [5.41, 5.74) is -0.235. The number of benzene rings is 2. The van der Waals surface area contributed by atoms with Gasteiger partial charge in [0.05, 0.1) is 39.3 Å². The number of anilines is 2. The molecule has 1 aromatic heterocycles. The van der Waals surface area contributed by atoms with Crippen molar-refractivity contribution in [2.24, 2.45) is 0 Å². The van der Waals surface area contributed by atoms with Gasteiger partial charge in [-0.15, -0.1) is 0 Å². The summed E-state index contributed by atoms with van der Waals surface area (Å²) in [6.45, 7) is 4.76. The molecule has 34 heavy (non-hydrogen) atoms. The monoisotopic (exact) mass is 509 g/mol. The van der Waals surface area contributed by atoms with Gasteiger partial charge in [0.25, 0.3) is 0 Å². The van der Waals surface area contributed by atoms with Gasteiger partial charge in [0.1, 0.15) is 5.82 Å². The number of rotatable bonds is 7. The van der Waals surface area contributed by atoms with E-state index >= 15 is 0 Å². The summed E-state index contributed by atoms with van der Waals surface area (Å²) < 4.78 is 55.4. The van der Waals surface area contributed by atoms with Crippen molar-refractivity contribution in [3.05, 3.63) is 58.2 Å². The highest BCUT2D eigenvalue weighted by Crippen LogP contribution is 2.33. The Bertz CT molecular complexity index is 1360. The molecule has 8 nitrogen and oxygen atoms in total. The van der Waals surface area contributed by atoms with Gasteiger partial charge < -0.3 is 10.2 Å². The molecule has 0 amide bonds. The molecule has 1 fully saturated rings. The fourth-order valence-corrected chi connectivity index (χ4v) is 5.16. The third-order valence-corrected chi connectivity index (χ3v) is 7.22. The number of carbonyl (C=O) groups excluding carboxylic acids is 1. The second-order valence-electron chi connectivity index (χ2n) is 7.83. The van der Waals surface area contributed by atoms with E-state index in [2.05, 4.69) is 24.9 Å². The summed E-state index contributed by atoms with van der Waals surface area (Å²) in [6, 6.07) is 5.00. The van der Waals surface area contributed by atoms with Crippen molar-refractivity contribution in [2.45, 2.75) is 13.3 Å².